The Balaban J connectivity index is 0.000000152. The van der Waals surface area contributed by atoms with Crippen molar-refractivity contribution in [2.45, 2.75) is 39.2 Å². The quantitative estimate of drug-likeness (QED) is 0.116. The van der Waals surface area contributed by atoms with Crippen molar-refractivity contribution in [2.24, 2.45) is 0 Å². The highest BCUT2D eigenvalue weighted by molar-refractivity contribution is 9.08. The third-order valence-electron chi connectivity index (χ3n) is 10.7. The predicted octanol–water partition coefficient (Wildman–Crippen LogP) is 12.7. The number of aromatic nitrogens is 3. The van der Waals surface area contributed by atoms with Gasteiger partial charge in [0, 0.05) is 53.2 Å². The van der Waals surface area contributed by atoms with E-state index < -0.39 is 23.7 Å². The number of carbonyl (C=O) groups is 3. The van der Waals surface area contributed by atoms with Crippen LogP contribution in [0.15, 0.2) is 146 Å². The molecule has 0 saturated heterocycles. The molecular formula is C53H47BrF3N3O6. The average molecular weight is 959 g/mol. The van der Waals surface area contributed by atoms with Crippen LogP contribution in [0.2, 0.25) is 0 Å². The largest absolute Gasteiger partial charge is 0.478 e. The van der Waals surface area contributed by atoms with Gasteiger partial charge in [-0.25, -0.2) is 27.6 Å². The first-order chi connectivity index (χ1) is 31.7. The molecule has 0 radical (unpaired) electrons. The molecule has 9 rings (SSSR count). The fourth-order valence-corrected chi connectivity index (χ4v) is 7.52. The Kier molecular flexibility index (Phi) is 16.0. The highest BCUT2D eigenvalue weighted by Crippen LogP contribution is 2.27. The Morgan fingerprint density at radius 3 is 1.36 bits per heavy atom. The van der Waals surface area contributed by atoms with E-state index in [1.54, 1.807) is 41.4 Å². The summed E-state index contributed by atoms with van der Waals surface area (Å²) in [6.07, 6.45) is 5.10. The molecule has 0 atom stereocenters. The first kappa shape index (κ1) is 48.1. The number of carboxylic acid groups (broad SMARTS) is 1. The molecule has 0 aliphatic rings. The van der Waals surface area contributed by atoms with E-state index >= 15 is 0 Å². The number of ether oxygens (including phenoxy) is 2. The van der Waals surface area contributed by atoms with Gasteiger partial charge in [-0.1, -0.05) is 105 Å². The van der Waals surface area contributed by atoms with Crippen molar-refractivity contribution in [2.75, 3.05) is 14.2 Å². The van der Waals surface area contributed by atoms with E-state index in [4.69, 9.17) is 4.74 Å². The zero-order valence-corrected chi connectivity index (χ0v) is 38.5. The van der Waals surface area contributed by atoms with Crippen molar-refractivity contribution in [3.8, 4) is 0 Å². The number of esters is 2. The number of hydrogen-bond acceptors (Lipinski definition) is 5. The maximum atomic E-state index is 14.0. The second-order valence-corrected chi connectivity index (χ2v) is 15.9. The van der Waals surface area contributed by atoms with E-state index in [9.17, 15) is 32.7 Å². The number of H-pyrrole nitrogens is 1. The number of carbonyl (C=O) groups excluding carboxylic acids is 2. The van der Waals surface area contributed by atoms with Crippen molar-refractivity contribution < 1.29 is 42.1 Å². The molecule has 0 saturated carbocycles. The van der Waals surface area contributed by atoms with Gasteiger partial charge in [-0.05, 0) is 92.1 Å². The summed E-state index contributed by atoms with van der Waals surface area (Å²) in [5, 5.41) is 11.4. The van der Waals surface area contributed by atoms with Gasteiger partial charge in [-0.15, -0.1) is 0 Å². The Morgan fingerprint density at radius 1 is 0.530 bits per heavy atom. The molecule has 13 heteroatoms. The molecule has 338 valence electrons. The third kappa shape index (κ3) is 11.5. The SMILES string of the molecule is COC(=O)c1ccc(F)c2cc[nH]c12.COC(=O)c1ccc(F)c2ccn(Cc3ccc(C)cc3)c12.Cc1ccc(CBr)cc1.Cc1ccc(Cn2ccc3c(F)ccc(C(=O)O)c32)cc1. The van der Waals surface area contributed by atoms with Crippen molar-refractivity contribution in [1.29, 1.82) is 0 Å². The van der Waals surface area contributed by atoms with Crippen molar-refractivity contribution in [1.82, 2.24) is 14.1 Å². The summed E-state index contributed by atoms with van der Waals surface area (Å²) < 4.78 is 54.0. The summed E-state index contributed by atoms with van der Waals surface area (Å²) in [6.45, 7) is 7.20. The van der Waals surface area contributed by atoms with E-state index in [0.29, 0.717) is 56.9 Å². The fourth-order valence-electron chi connectivity index (χ4n) is 7.15. The van der Waals surface area contributed by atoms with Crippen molar-refractivity contribution in [3.63, 3.8) is 0 Å². The number of aryl methyl sites for hydroxylation is 3. The third-order valence-corrected chi connectivity index (χ3v) is 11.3. The summed E-state index contributed by atoms with van der Waals surface area (Å²) in [5.74, 6) is -3.09. The van der Waals surface area contributed by atoms with E-state index in [1.165, 1.54) is 67.3 Å². The minimum Gasteiger partial charge on any atom is -0.478 e. The number of hydrogen-bond donors (Lipinski definition) is 2. The number of rotatable bonds is 8. The van der Waals surface area contributed by atoms with E-state index in [0.717, 1.165) is 22.0 Å². The standard InChI is InChI=1S/C18H16FNO2.C17H14FNO2.C10H8FNO2.C8H9Br/c1-12-3-5-13(6-4-12)11-20-10-9-14-16(19)8-7-15(17(14)20)18(21)22-2;1-11-2-4-12(5-3-11)10-19-9-8-13-15(18)7-6-14(16(13)19)17(20)21;1-14-10(13)7-2-3-8(11)6-4-5-12-9(6)7;1-7-2-4-8(6-9)5-3-7/h3-10H,11H2,1-2H3;2-9H,10H2,1H3,(H,20,21);2-5,12H,1H3;2-5H,6H2,1H3. The molecule has 2 N–H and O–H groups in total. The van der Waals surface area contributed by atoms with Crippen LogP contribution in [-0.2, 0) is 27.9 Å². The lowest BCUT2D eigenvalue weighted by Crippen LogP contribution is -2.07. The van der Waals surface area contributed by atoms with Crippen LogP contribution in [-0.4, -0.2) is 51.4 Å². The van der Waals surface area contributed by atoms with Gasteiger partial charge in [0.25, 0.3) is 0 Å². The minimum atomic E-state index is -1.05. The maximum absolute atomic E-state index is 14.0. The number of nitrogens with one attached hydrogen (secondary N) is 1. The molecule has 6 aromatic carbocycles. The fraction of sp³-hybridized carbons (Fsp3) is 0.151. The van der Waals surface area contributed by atoms with Crippen LogP contribution >= 0.6 is 15.9 Å². The van der Waals surface area contributed by atoms with Gasteiger partial charge in [0.2, 0.25) is 0 Å². The van der Waals surface area contributed by atoms with Crippen LogP contribution < -0.4 is 0 Å². The van der Waals surface area contributed by atoms with Crippen molar-refractivity contribution in [3.05, 3.63) is 214 Å². The number of fused-ring (bicyclic) bond motifs is 3. The number of carboxylic acids is 1. The molecular weight excluding hydrogens is 911 g/mol. The second kappa shape index (κ2) is 22.0. The summed E-state index contributed by atoms with van der Waals surface area (Å²) in [5.41, 5.74) is 9.40. The van der Waals surface area contributed by atoms with Crippen LogP contribution in [0.25, 0.3) is 32.7 Å². The molecule has 9 nitrogen and oxygen atoms in total. The first-order valence-corrected chi connectivity index (χ1v) is 21.8. The van der Waals surface area contributed by atoms with E-state index in [2.05, 4.69) is 56.8 Å². The molecule has 0 aliphatic carbocycles. The normalized spacial score (nSPS) is 10.6. The number of benzene rings is 6. The second-order valence-electron chi connectivity index (χ2n) is 15.3. The zero-order valence-electron chi connectivity index (χ0n) is 36.9. The van der Waals surface area contributed by atoms with Crippen molar-refractivity contribution >= 4 is 66.5 Å². The lowest BCUT2D eigenvalue weighted by atomic mass is 10.1. The number of halogens is 4. The Morgan fingerprint density at radius 2 is 0.924 bits per heavy atom. The summed E-state index contributed by atoms with van der Waals surface area (Å²) in [4.78, 5) is 37.3. The van der Waals surface area contributed by atoms with Gasteiger partial charge in [0.15, 0.2) is 0 Å². The molecule has 0 aliphatic heterocycles. The number of methoxy groups -OCH3 is 2. The molecule has 0 amide bonds. The van der Waals surface area contributed by atoms with Crippen LogP contribution in [0.3, 0.4) is 0 Å². The van der Waals surface area contributed by atoms with Crippen LogP contribution in [0.4, 0.5) is 13.2 Å². The summed E-state index contributed by atoms with van der Waals surface area (Å²) >= 11 is 3.38. The molecule has 66 heavy (non-hydrogen) atoms. The number of aromatic amines is 1. The number of alkyl halides is 1. The van der Waals surface area contributed by atoms with Gasteiger partial charge in [0.05, 0.1) is 47.5 Å². The molecule has 0 bridgehead atoms. The zero-order chi connectivity index (χ0) is 47.5. The van der Waals surface area contributed by atoms with Gasteiger partial charge in [-0.3, -0.25) is 0 Å². The number of nitrogens with zero attached hydrogens (tertiary/aromatic N) is 2. The van der Waals surface area contributed by atoms with Gasteiger partial charge in [-0.2, -0.15) is 0 Å². The highest BCUT2D eigenvalue weighted by atomic mass is 79.9. The predicted molar refractivity (Wildman–Crippen MR) is 256 cm³/mol. The lowest BCUT2D eigenvalue weighted by Gasteiger charge is -2.10. The topological polar surface area (TPSA) is 116 Å². The lowest BCUT2D eigenvalue weighted by molar-refractivity contribution is 0.0593. The van der Waals surface area contributed by atoms with E-state index in [1.807, 2.05) is 66.9 Å². The van der Waals surface area contributed by atoms with Gasteiger partial charge >= 0.3 is 17.9 Å². The molecule has 3 aromatic heterocycles. The minimum absolute atomic E-state index is 0.114. The monoisotopic (exact) mass is 957 g/mol. The molecule has 3 heterocycles. The molecule has 9 aromatic rings. The van der Waals surface area contributed by atoms with Gasteiger partial charge < -0.3 is 28.7 Å². The molecule has 0 unspecified atom stereocenters. The van der Waals surface area contributed by atoms with Crippen LogP contribution in [0, 0.1) is 38.2 Å². The van der Waals surface area contributed by atoms with E-state index in [-0.39, 0.29) is 17.2 Å². The smallest absolute Gasteiger partial charge is 0.340 e. The highest BCUT2D eigenvalue weighted by Gasteiger charge is 2.18. The Labute approximate surface area is 388 Å². The Hall–Kier alpha value is -7.38. The van der Waals surface area contributed by atoms with Crippen LogP contribution in [0.1, 0.15) is 64.5 Å². The molecule has 0 fully saturated rings. The summed E-state index contributed by atoms with van der Waals surface area (Å²) in [6, 6.07) is 37.4. The molecule has 0 spiro atoms. The number of aromatic carboxylic acids is 1. The Bertz CT molecular complexity index is 3120. The maximum Gasteiger partial charge on any atom is 0.340 e. The first-order valence-electron chi connectivity index (χ1n) is 20.7. The van der Waals surface area contributed by atoms with Crippen LogP contribution in [0.5, 0.6) is 0 Å². The average Bonchev–Trinajstić information content (AvgIpc) is 4.10. The summed E-state index contributed by atoms with van der Waals surface area (Å²) in [7, 11) is 2.62. The van der Waals surface area contributed by atoms with Gasteiger partial charge in [0.1, 0.15) is 17.5 Å².